The monoisotopic (exact) mass is 334 g/mol. The van der Waals surface area contributed by atoms with Gasteiger partial charge in [-0.25, -0.2) is 4.39 Å². The molecule has 0 aliphatic heterocycles. The van der Waals surface area contributed by atoms with Crippen molar-refractivity contribution in [2.45, 2.75) is 19.9 Å². The summed E-state index contributed by atoms with van der Waals surface area (Å²) in [6, 6.07) is 9.86. The van der Waals surface area contributed by atoms with E-state index >= 15 is 0 Å². The number of carbonyl (C=O) groups excluding carboxylic acids is 2. The number of aryl methyl sites for hydroxylation is 1. The van der Waals surface area contributed by atoms with Crippen LogP contribution in [0.3, 0.4) is 0 Å². The molecule has 2 N–H and O–H groups in total. The molecule has 0 bridgehead atoms. The number of carbonyl (C=O) groups is 2. The average molecular weight is 335 g/mol. The summed E-state index contributed by atoms with van der Waals surface area (Å²) in [5, 5.41) is 5.46. The van der Waals surface area contributed by atoms with Crippen LogP contribution in [0.2, 0.25) is 5.02 Å². The van der Waals surface area contributed by atoms with Crippen molar-refractivity contribution in [3.8, 4) is 0 Å². The fourth-order valence-corrected chi connectivity index (χ4v) is 2.18. The van der Waals surface area contributed by atoms with E-state index in [1.807, 2.05) is 0 Å². The molecular weight excluding hydrogens is 319 g/mol. The second-order valence-corrected chi connectivity index (χ2v) is 5.53. The van der Waals surface area contributed by atoms with Crippen LogP contribution in [0.1, 0.15) is 22.8 Å². The highest BCUT2D eigenvalue weighted by Gasteiger charge is 2.18. The van der Waals surface area contributed by atoms with Crippen molar-refractivity contribution in [2.24, 2.45) is 0 Å². The van der Waals surface area contributed by atoms with Crippen molar-refractivity contribution in [3.05, 3.63) is 64.4 Å². The van der Waals surface area contributed by atoms with Crippen LogP contribution in [0.5, 0.6) is 0 Å². The highest BCUT2D eigenvalue weighted by Crippen LogP contribution is 2.17. The van der Waals surface area contributed by atoms with Gasteiger partial charge in [-0.3, -0.25) is 9.59 Å². The van der Waals surface area contributed by atoms with E-state index in [9.17, 15) is 14.0 Å². The Labute approximate surface area is 138 Å². The lowest BCUT2D eigenvalue weighted by atomic mass is 10.1. The van der Waals surface area contributed by atoms with Gasteiger partial charge in [0.05, 0.1) is 10.6 Å². The zero-order valence-electron chi connectivity index (χ0n) is 12.7. The lowest BCUT2D eigenvalue weighted by Crippen LogP contribution is -2.41. The van der Waals surface area contributed by atoms with E-state index < -0.39 is 23.7 Å². The summed E-state index contributed by atoms with van der Waals surface area (Å²) < 4.78 is 13.2. The third-order valence-corrected chi connectivity index (χ3v) is 3.65. The van der Waals surface area contributed by atoms with Crippen molar-refractivity contribution in [2.75, 3.05) is 5.32 Å². The minimum atomic E-state index is -0.804. The van der Waals surface area contributed by atoms with Crippen molar-refractivity contribution < 1.29 is 14.0 Å². The van der Waals surface area contributed by atoms with Gasteiger partial charge >= 0.3 is 0 Å². The largest absolute Gasteiger partial charge is 0.340 e. The molecule has 1 atom stereocenters. The van der Waals surface area contributed by atoms with Crippen LogP contribution in [-0.2, 0) is 4.79 Å². The molecule has 4 nitrogen and oxygen atoms in total. The standard InChI is InChI=1S/C17H16ClFN2O2/c1-10-7-8-12(19)9-15(10)21-16(22)11(2)20-17(23)13-5-3-4-6-14(13)18/h3-9,11H,1-2H3,(H,20,23)(H,21,22). The molecule has 23 heavy (non-hydrogen) atoms. The molecule has 2 rings (SSSR count). The zero-order valence-corrected chi connectivity index (χ0v) is 13.4. The Morgan fingerprint density at radius 2 is 1.87 bits per heavy atom. The van der Waals surface area contributed by atoms with Crippen LogP contribution in [0.4, 0.5) is 10.1 Å². The first-order valence-electron chi connectivity index (χ1n) is 7.01. The normalized spacial score (nSPS) is 11.7. The molecular formula is C17H16ClFN2O2. The summed E-state index contributed by atoms with van der Waals surface area (Å²) in [7, 11) is 0. The second-order valence-electron chi connectivity index (χ2n) is 5.12. The molecule has 6 heteroatoms. The zero-order chi connectivity index (χ0) is 17.0. The van der Waals surface area contributed by atoms with E-state index in [0.717, 1.165) is 5.56 Å². The van der Waals surface area contributed by atoms with E-state index in [2.05, 4.69) is 10.6 Å². The number of hydrogen-bond acceptors (Lipinski definition) is 2. The topological polar surface area (TPSA) is 58.2 Å². The van der Waals surface area contributed by atoms with Crippen LogP contribution < -0.4 is 10.6 Å². The van der Waals surface area contributed by atoms with Crippen molar-refractivity contribution in [3.63, 3.8) is 0 Å². The van der Waals surface area contributed by atoms with E-state index in [0.29, 0.717) is 10.7 Å². The Morgan fingerprint density at radius 1 is 1.17 bits per heavy atom. The number of benzene rings is 2. The molecule has 0 heterocycles. The van der Waals surface area contributed by atoms with Crippen molar-refractivity contribution in [1.82, 2.24) is 5.32 Å². The van der Waals surface area contributed by atoms with Gasteiger partial charge in [-0.2, -0.15) is 0 Å². The first-order valence-corrected chi connectivity index (χ1v) is 7.38. The lowest BCUT2D eigenvalue weighted by Gasteiger charge is -2.15. The molecule has 0 aromatic heterocycles. The smallest absolute Gasteiger partial charge is 0.253 e. The summed E-state index contributed by atoms with van der Waals surface area (Å²) in [4.78, 5) is 24.3. The van der Waals surface area contributed by atoms with Crippen LogP contribution in [-0.4, -0.2) is 17.9 Å². The summed E-state index contributed by atoms with van der Waals surface area (Å²) >= 11 is 5.95. The van der Waals surface area contributed by atoms with E-state index in [1.54, 1.807) is 44.2 Å². The second kappa shape index (κ2) is 7.24. The van der Waals surface area contributed by atoms with Crippen LogP contribution in [0.15, 0.2) is 42.5 Å². The summed E-state index contributed by atoms with van der Waals surface area (Å²) in [5.74, 6) is -1.34. The minimum absolute atomic E-state index is 0.288. The Balaban J connectivity index is 2.04. The van der Waals surface area contributed by atoms with Gasteiger partial charge < -0.3 is 10.6 Å². The number of halogens is 2. The number of anilines is 1. The predicted molar refractivity (Wildman–Crippen MR) is 88.1 cm³/mol. The number of amides is 2. The van der Waals surface area contributed by atoms with Crippen molar-refractivity contribution in [1.29, 1.82) is 0 Å². The highest BCUT2D eigenvalue weighted by molar-refractivity contribution is 6.33. The van der Waals surface area contributed by atoms with Crippen molar-refractivity contribution >= 4 is 29.1 Å². The summed E-state index contributed by atoms with van der Waals surface area (Å²) in [6.45, 7) is 3.29. The Kier molecular flexibility index (Phi) is 5.34. The van der Waals surface area contributed by atoms with Gasteiger partial charge in [0.1, 0.15) is 11.9 Å². The molecule has 1 unspecified atom stereocenters. The molecule has 120 valence electrons. The minimum Gasteiger partial charge on any atom is -0.340 e. The molecule has 0 radical (unpaired) electrons. The maximum atomic E-state index is 13.2. The van der Waals surface area contributed by atoms with E-state index in [1.165, 1.54) is 12.1 Å². The molecule has 0 fully saturated rings. The third-order valence-electron chi connectivity index (χ3n) is 3.32. The van der Waals surface area contributed by atoms with Gasteiger partial charge in [0.2, 0.25) is 5.91 Å². The van der Waals surface area contributed by atoms with Crippen LogP contribution >= 0.6 is 11.6 Å². The van der Waals surface area contributed by atoms with Gasteiger partial charge in [-0.15, -0.1) is 0 Å². The Hall–Kier alpha value is -2.40. The maximum absolute atomic E-state index is 13.2. The van der Waals surface area contributed by atoms with Crippen LogP contribution in [0, 0.1) is 12.7 Å². The van der Waals surface area contributed by atoms with Gasteiger partial charge in [-0.1, -0.05) is 29.8 Å². The summed E-state index contributed by atoms with van der Waals surface area (Å²) in [5.41, 5.74) is 1.38. The fraction of sp³-hybridized carbons (Fsp3) is 0.176. The van der Waals surface area contributed by atoms with Gasteiger partial charge in [0.25, 0.3) is 5.91 Å². The molecule has 0 saturated carbocycles. The third kappa shape index (κ3) is 4.29. The molecule has 0 aliphatic rings. The Morgan fingerprint density at radius 3 is 2.57 bits per heavy atom. The highest BCUT2D eigenvalue weighted by atomic mass is 35.5. The van der Waals surface area contributed by atoms with Gasteiger partial charge in [0.15, 0.2) is 0 Å². The summed E-state index contributed by atoms with van der Waals surface area (Å²) in [6.07, 6.45) is 0. The van der Waals surface area contributed by atoms with E-state index in [4.69, 9.17) is 11.6 Å². The number of hydrogen-bond donors (Lipinski definition) is 2. The number of rotatable bonds is 4. The fourth-order valence-electron chi connectivity index (χ4n) is 1.96. The van der Waals surface area contributed by atoms with Gasteiger partial charge in [-0.05, 0) is 43.7 Å². The molecule has 0 saturated heterocycles. The molecule has 2 aromatic rings. The molecule has 2 amide bonds. The van der Waals surface area contributed by atoms with E-state index in [-0.39, 0.29) is 5.56 Å². The molecule has 0 spiro atoms. The molecule has 0 aliphatic carbocycles. The quantitative estimate of drug-likeness (QED) is 0.898. The SMILES string of the molecule is Cc1ccc(F)cc1NC(=O)C(C)NC(=O)c1ccccc1Cl. The first-order chi connectivity index (χ1) is 10.9. The predicted octanol–water partition coefficient (Wildman–Crippen LogP) is 3.54. The van der Waals surface area contributed by atoms with Crippen LogP contribution in [0.25, 0.3) is 0 Å². The van der Waals surface area contributed by atoms with Gasteiger partial charge in [0, 0.05) is 5.69 Å². The number of nitrogens with one attached hydrogen (secondary N) is 2. The molecule has 2 aromatic carbocycles. The lowest BCUT2D eigenvalue weighted by molar-refractivity contribution is -0.117. The maximum Gasteiger partial charge on any atom is 0.253 e. The first kappa shape index (κ1) is 17.0. The average Bonchev–Trinajstić information content (AvgIpc) is 2.51. The Bertz CT molecular complexity index is 749.